The summed E-state index contributed by atoms with van der Waals surface area (Å²) in [6.45, 7) is 4.36. The predicted octanol–water partition coefficient (Wildman–Crippen LogP) is 2.65. The number of thiazole rings is 1. The summed E-state index contributed by atoms with van der Waals surface area (Å²) in [5, 5.41) is 9.39. The van der Waals surface area contributed by atoms with Crippen LogP contribution in [-0.2, 0) is 6.42 Å². The molecule has 1 fully saturated rings. The fourth-order valence-electron chi connectivity index (χ4n) is 3.73. The van der Waals surface area contributed by atoms with Gasteiger partial charge in [-0.1, -0.05) is 6.07 Å². The zero-order chi connectivity index (χ0) is 20.7. The SMILES string of the molecule is CN1CCN(c2ncc(-c3ccc4c(c3)OCCc3sc(C(=O)O)nc3-4)cn2)CC1. The number of ether oxygens (including phenoxy) is 1. The van der Waals surface area contributed by atoms with E-state index in [-0.39, 0.29) is 5.01 Å². The number of benzene rings is 1. The number of piperazine rings is 1. The van der Waals surface area contributed by atoms with Gasteiger partial charge in [0.05, 0.1) is 12.3 Å². The fourth-order valence-corrected chi connectivity index (χ4v) is 4.63. The molecule has 0 saturated carbocycles. The number of hydrogen-bond acceptors (Lipinski definition) is 8. The first kappa shape index (κ1) is 19.0. The minimum absolute atomic E-state index is 0.116. The molecule has 154 valence electrons. The van der Waals surface area contributed by atoms with Crippen LogP contribution in [0.1, 0.15) is 14.7 Å². The van der Waals surface area contributed by atoms with E-state index < -0.39 is 5.97 Å². The molecule has 0 amide bonds. The number of rotatable bonds is 3. The molecular weight excluding hydrogens is 402 g/mol. The minimum Gasteiger partial charge on any atom is -0.492 e. The minimum atomic E-state index is -0.996. The molecule has 4 heterocycles. The second-order valence-electron chi connectivity index (χ2n) is 7.47. The van der Waals surface area contributed by atoms with E-state index in [2.05, 4.69) is 31.8 Å². The second kappa shape index (κ2) is 7.66. The van der Waals surface area contributed by atoms with Crippen LogP contribution in [0.4, 0.5) is 5.95 Å². The number of fused-ring (bicyclic) bond motifs is 3. The molecule has 2 aliphatic rings. The van der Waals surface area contributed by atoms with E-state index in [4.69, 9.17) is 4.74 Å². The highest BCUT2D eigenvalue weighted by Gasteiger charge is 2.23. The van der Waals surface area contributed by atoms with Crippen molar-refractivity contribution in [2.45, 2.75) is 6.42 Å². The molecular formula is C21H21N5O3S. The van der Waals surface area contributed by atoms with Crippen molar-refractivity contribution in [2.75, 3.05) is 44.7 Å². The van der Waals surface area contributed by atoms with Crippen molar-refractivity contribution < 1.29 is 14.6 Å². The molecule has 8 nitrogen and oxygen atoms in total. The zero-order valence-corrected chi connectivity index (χ0v) is 17.4. The maximum Gasteiger partial charge on any atom is 0.365 e. The molecule has 3 aromatic rings. The summed E-state index contributed by atoms with van der Waals surface area (Å²) in [4.78, 5) is 30.2. The molecule has 9 heteroatoms. The Kier molecular flexibility index (Phi) is 4.84. The molecule has 0 atom stereocenters. The van der Waals surface area contributed by atoms with Crippen LogP contribution in [0, 0.1) is 0 Å². The lowest BCUT2D eigenvalue weighted by molar-refractivity contribution is 0.0696. The highest BCUT2D eigenvalue weighted by molar-refractivity contribution is 7.14. The first-order valence-corrected chi connectivity index (χ1v) is 10.7. The summed E-state index contributed by atoms with van der Waals surface area (Å²) in [6.07, 6.45) is 4.33. The lowest BCUT2D eigenvalue weighted by Crippen LogP contribution is -2.45. The van der Waals surface area contributed by atoms with Gasteiger partial charge in [0.1, 0.15) is 5.75 Å². The maximum atomic E-state index is 11.3. The van der Waals surface area contributed by atoms with E-state index >= 15 is 0 Å². The number of carboxylic acids is 1. The van der Waals surface area contributed by atoms with Gasteiger partial charge >= 0.3 is 5.97 Å². The average molecular weight is 423 g/mol. The van der Waals surface area contributed by atoms with Gasteiger partial charge in [0.25, 0.3) is 0 Å². The zero-order valence-electron chi connectivity index (χ0n) is 16.5. The largest absolute Gasteiger partial charge is 0.492 e. The lowest BCUT2D eigenvalue weighted by Gasteiger charge is -2.32. The molecule has 1 N–H and O–H groups in total. The Balaban J connectivity index is 1.43. The Morgan fingerprint density at radius 1 is 1.13 bits per heavy atom. The number of hydrogen-bond donors (Lipinski definition) is 1. The highest BCUT2D eigenvalue weighted by Crippen LogP contribution is 2.39. The molecule has 2 aromatic heterocycles. The number of carboxylic acid groups (broad SMARTS) is 1. The molecule has 1 saturated heterocycles. The number of likely N-dealkylation sites (N-methyl/N-ethyl adjacent to an activating group) is 1. The third-order valence-electron chi connectivity index (χ3n) is 5.46. The number of aromatic carboxylic acids is 1. The topological polar surface area (TPSA) is 91.7 Å². The summed E-state index contributed by atoms with van der Waals surface area (Å²) in [6, 6.07) is 5.87. The molecule has 0 unspecified atom stereocenters. The van der Waals surface area contributed by atoms with Crippen LogP contribution < -0.4 is 9.64 Å². The van der Waals surface area contributed by atoms with Crippen molar-refractivity contribution in [3.05, 3.63) is 40.5 Å². The summed E-state index contributed by atoms with van der Waals surface area (Å²) < 4.78 is 5.95. The van der Waals surface area contributed by atoms with E-state index in [0.717, 1.165) is 53.7 Å². The van der Waals surface area contributed by atoms with Gasteiger partial charge in [-0.05, 0) is 24.7 Å². The summed E-state index contributed by atoms with van der Waals surface area (Å²) in [5.41, 5.74) is 3.40. The van der Waals surface area contributed by atoms with Gasteiger partial charge in [-0.15, -0.1) is 11.3 Å². The maximum absolute atomic E-state index is 11.3. The quantitative estimate of drug-likeness (QED) is 0.688. The third-order valence-corrected chi connectivity index (χ3v) is 6.56. The molecule has 0 spiro atoms. The standard InChI is InChI=1S/C21H21N5O3S/c1-25-5-7-26(8-6-25)21-22-11-14(12-23-21)13-2-3-15-16(10-13)29-9-4-17-18(15)24-19(30-17)20(27)28/h2-3,10-12H,4-9H2,1H3,(H,27,28). The van der Waals surface area contributed by atoms with Gasteiger partial charge < -0.3 is 19.6 Å². The third kappa shape index (κ3) is 3.50. The van der Waals surface area contributed by atoms with Gasteiger partial charge in [0.2, 0.25) is 11.0 Å². The Bertz CT molecular complexity index is 1090. The highest BCUT2D eigenvalue weighted by atomic mass is 32.1. The molecule has 0 aliphatic carbocycles. The molecule has 5 rings (SSSR count). The van der Waals surface area contributed by atoms with E-state index in [0.29, 0.717) is 24.5 Å². The van der Waals surface area contributed by atoms with Crippen molar-refractivity contribution in [3.63, 3.8) is 0 Å². The van der Waals surface area contributed by atoms with Crippen LogP contribution in [-0.4, -0.2) is 70.8 Å². The monoisotopic (exact) mass is 423 g/mol. The number of anilines is 1. The van der Waals surface area contributed by atoms with Gasteiger partial charge in [-0.2, -0.15) is 0 Å². The van der Waals surface area contributed by atoms with E-state index in [9.17, 15) is 9.90 Å². The Labute approximate surface area is 177 Å². The Morgan fingerprint density at radius 2 is 1.90 bits per heavy atom. The van der Waals surface area contributed by atoms with Crippen molar-refractivity contribution in [3.8, 4) is 28.1 Å². The fraction of sp³-hybridized carbons (Fsp3) is 0.333. The molecule has 0 bridgehead atoms. The summed E-state index contributed by atoms with van der Waals surface area (Å²) in [5.74, 6) is 0.465. The normalized spacial score (nSPS) is 16.4. The molecule has 30 heavy (non-hydrogen) atoms. The number of carbonyl (C=O) groups is 1. The Hall–Kier alpha value is -3.04. The van der Waals surface area contributed by atoms with E-state index in [1.165, 1.54) is 11.3 Å². The van der Waals surface area contributed by atoms with Crippen LogP contribution in [0.3, 0.4) is 0 Å². The predicted molar refractivity (Wildman–Crippen MR) is 114 cm³/mol. The summed E-state index contributed by atoms with van der Waals surface area (Å²) in [7, 11) is 2.12. The average Bonchev–Trinajstić information content (AvgIpc) is 3.11. The van der Waals surface area contributed by atoms with Gasteiger partial charge in [-0.25, -0.2) is 19.7 Å². The van der Waals surface area contributed by atoms with Crippen LogP contribution in [0.5, 0.6) is 5.75 Å². The Morgan fingerprint density at radius 3 is 2.63 bits per heavy atom. The molecule has 1 aromatic carbocycles. The van der Waals surface area contributed by atoms with Crippen LogP contribution in [0.15, 0.2) is 30.6 Å². The first-order valence-electron chi connectivity index (χ1n) is 9.84. The van der Waals surface area contributed by atoms with Crippen molar-refractivity contribution in [1.29, 1.82) is 0 Å². The molecule has 0 radical (unpaired) electrons. The number of nitrogens with zero attached hydrogens (tertiary/aromatic N) is 5. The van der Waals surface area contributed by atoms with Gasteiger partial charge in [0, 0.05) is 61.0 Å². The van der Waals surface area contributed by atoms with Crippen LogP contribution >= 0.6 is 11.3 Å². The van der Waals surface area contributed by atoms with Gasteiger partial charge in [-0.3, -0.25) is 0 Å². The van der Waals surface area contributed by atoms with E-state index in [1.807, 2.05) is 30.6 Å². The van der Waals surface area contributed by atoms with Gasteiger partial charge in [0.15, 0.2) is 0 Å². The lowest BCUT2D eigenvalue weighted by atomic mass is 10.0. The first-order chi connectivity index (χ1) is 14.6. The smallest absolute Gasteiger partial charge is 0.365 e. The number of aromatic nitrogens is 3. The van der Waals surface area contributed by atoms with Crippen LogP contribution in [0.2, 0.25) is 0 Å². The van der Waals surface area contributed by atoms with Crippen molar-refractivity contribution in [1.82, 2.24) is 19.9 Å². The van der Waals surface area contributed by atoms with Crippen LogP contribution in [0.25, 0.3) is 22.4 Å². The van der Waals surface area contributed by atoms with E-state index in [1.54, 1.807) is 0 Å². The van der Waals surface area contributed by atoms with Crippen molar-refractivity contribution in [2.24, 2.45) is 0 Å². The van der Waals surface area contributed by atoms with Crippen molar-refractivity contribution >= 4 is 23.3 Å². The molecule has 2 aliphatic heterocycles. The summed E-state index contributed by atoms with van der Waals surface area (Å²) >= 11 is 1.22. The second-order valence-corrected chi connectivity index (χ2v) is 8.55.